The summed E-state index contributed by atoms with van der Waals surface area (Å²) in [6, 6.07) is 7.62. The molecule has 0 amide bonds. The van der Waals surface area contributed by atoms with E-state index in [0.717, 1.165) is 11.1 Å². The summed E-state index contributed by atoms with van der Waals surface area (Å²) in [6.07, 6.45) is 5.70. The highest BCUT2D eigenvalue weighted by Crippen LogP contribution is 2.28. The lowest BCUT2D eigenvalue weighted by molar-refractivity contribution is -0.0174. The molecule has 0 aliphatic carbocycles. The smallest absolute Gasteiger partial charge is 0.234 e. The highest BCUT2D eigenvalue weighted by atomic mass is 16.3. The number of nitrogens with zero attached hydrogens (tertiary/aromatic N) is 2. The number of hydrogen-bond acceptors (Lipinski definition) is 4. The van der Waals surface area contributed by atoms with Gasteiger partial charge >= 0.3 is 0 Å². The Bertz CT molecular complexity index is 637. The third-order valence-electron chi connectivity index (χ3n) is 4.44. The van der Waals surface area contributed by atoms with Crippen molar-refractivity contribution in [2.24, 2.45) is 5.92 Å². The van der Waals surface area contributed by atoms with Gasteiger partial charge in [0.25, 0.3) is 0 Å². The van der Waals surface area contributed by atoms with Crippen LogP contribution in [0.1, 0.15) is 42.6 Å². The molecule has 1 aromatic carbocycles. The third kappa shape index (κ3) is 4.27. The summed E-state index contributed by atoms with van der Waals surface area (Å²) in [4.78, 5) is 16.2. The van der Waals surface area contributed by atoms with Gasteiger partial charge in [-0.2, -0.15) is 0 Å². The van der Waals surface area contributed by atoms with Crippen LogP contribution in [0.2, 0.25) is 0 Å². The minimum atomic E-state index is -1.09. The minimum Gasteiger partial charge on any atom is -0.392 e. The molecule has 0 aliphatic rings. The van der Waals surface area contributed by atoms with Crippen LogP contribution in [0.25, 0.3) is 0 Å². The van der Waals surface area contributed by atoms with Gasteiger partial charge < -0.3 is 10.2 Å². The SMILES string of the molecule is CC(C)C(O)(CCc1ccccc1CO)CC(=O)n1ccnc1. The first-order chi connectivity index (χ1) is 11.0. The van der Waals surface area contributed by atoms with Crippen molar-refractivity contribution in [1.29, 1.82) is 0 Å². The molecule has 1 unspecified atom stereocenters. The molecular formula is C18H24N2O3. The van der Waals surface area contributed by atoms with Crippen molar-refractivity contribution < 1.29 is 15.0 Å². The summed E-state index contributed by atoms with van der Waals surface area (Å²) in [5, 5.41) is 20.4. The maximum atomic E-state index is 12.3. The lowest BCUT2D eigenvalue weighted by Crippen LogP contribution is -2.39. The van der Waals surface area contributed by atoms with Gasteiger partial charge in [0.2, 0.25) is 5.91 Å². The molecule has 0 bridgehead atoms. The molecule has 23 heavy (non-hydrogen) atoms. The molecular weight excluding hydrogens is 292 g/mol. The van der Waals surface area contributed by atoms with E-state index < -0.39 is 5.60 Å². The van der Waals surface area contributed by atoms with E-state index in [4.69, 9.17) is 0 Å². The monoisotopic (exact) mass is 316 g/mol. The summed E-state index contributed by atoms with van der Waals surface area (Å²) >= 11 is 0. The average molecular weight is 316 g/mol. The van der Waals surface area contributed by atoms with Gasteiger partial charge in [0.1, 0.15) is 6.33 Å². The van der Waals surface area contributed by atoms with Crippen LogP contribution in [-0.4, -0.2) is 31.3 Å². The highest BCUT2D eigenvalue weighted by molar-refractivity contribution is 5.79. The standard InChI is InChI=1S/C18H24N2O3/c1-14(2)18(23,11-17(22)20-10-9-19-13-20)8-7-15-5-3-4-6-16(15)12-21/h3-6,9-10,13-14,21,23H,7-8,11-12H2,1-2H3. The maximum Gasteiger partial charge on any atom is 0.234 e. The number of aryl methyl sites for hydroxylation is 1. The summed E-state index contributed by atoms with van der Waals surface area (Å²) in [5.74, 6) is -0.231. The number of aromatic nitrogens is 2. The fourth-order valence-electron chi connectivity index (χ4n) is 2.65. The van der Waals surface area contributed by atoms with Crippen LogP contribution < -0.4 is 0 Å². The molecule has 0 fully saturated rings. The van der Waals surface area contributed by atoms with Crippen molar-refractivity contribution in [3.05, 3.63) is 54.1 Å². The number of aliphatic hydroxyl groups is 2. The van der Waals surface area contributed by atoms with E-state index in [1.165, 1.54) is 10.9 Å². The summed E-state index contributed by atoms with van der Waals surface area (Å²) in [5.41, 5.74) is 0.771. The quantitative estimate of drug-likeness (QED) is 0.822. The normalized spacial score (nSPS) is 14.0. The van der Waals surface area contributed by atoms with Gasteiger partial charge in [0.05, 0.1) is 18.6 Å². The van der Waals surface area contributed by atoms with Crippen molar-refractivity contribution in [3.8, 4) is 0 Å². The third-order valence-corrected chi connectivity index (χ3v) is 4.44. The Labute approximate surface area is 136 Å². The van der Waals surface area contributed by atoms with Crippen molar-refractivity contribution in [2.45, 2.75) is 45.3 Å². The molecule has 0 spiro atoms. The van der Waals surface area contributed by atoms with E-state index in [-0.39, 0.29) is 24.9 Å². The summed E-state index contributed by atoms with van der Waals surface area (Å²) in [6.45, 7) is 3.81. The van der Waals surface area contributed by atoms with Crippen LogP contribution in [0.4, 0.5) is 0 Å². The molecule has 5 nitrogen and oxygen atoms in total. The van der Waals surface area contributed by atoms with Crippen LogP contribution in [0.15, 0.2) is 43.0 Å². The molecule has 2 N–H and O–H groups in total. The van der Waals surface area contributed by atoms with Gasteiger partial charge in [-0.1, -0.05) is 38.1 Å². The topological polar surface area (TPSA) is 75.3 Å². The Morgan fingerprint density at radius 1 is 1.30 bits per heavy atom. The first-order valence-electron chi connectivity index (χ1n) is 7.87. The Morgan fingerprint density at radius 3 is 2.57 bits per heavy atom. The van der Waals surface area contributed by atoms with E-state index in [1.54, 1.807) is 12.4 Å². The van der Waals surface area contributed by atoms with Crippen molar-refractivity contribution in [2.75, 3.05) is 0 Å². The molecule has 0 radical (unpaired) electrons. The van der Waals surface area contributed by atoms with E-state index in [0.29, 0.717) is 12.8 Å². The van der Waals surface area contributed by atoms with E-state index in [9.17, 15) is 15.0 Å². The average Bonchev–Trinajstić information content (AvgIpc) is 3.07. The summed E-state index contributed by atoms with van der Waals surface area (Å²) < 4.78 is 1.40. The molecule has 0 saturated heterocycles. The first-order valence-corrected chi connectivity index (χ1v) is 7.87. The van der Waals surface area contributed by atoms with Gasteiger partial charge in [-0.15, -0.1) is 0 Å². The predicted molar refractivity (Wildman–Crippen MR) is 87.9 cm³/mol. The van der Waals surface area contributed by atoms with Gasteiger partial charge in [0, 0.05) is 12.4 Å². The largest absolute Gasteiger partial charge is 0.392 e. The Kier molecular flexibility index (Phi) is 5.69. The number of imidazole rings is 1. The molecule has 2 aromatic rings. The van der Waals surface area contributed by atoms with Gasteiger partial charge in [-0.05, 0) is 29.9 Å². The minimum absolute atomic E-state index is 0.0236. The molecule has 0 aliphatic heterocycles. The lowest BCUT2D eigenvalue weighted by Gasteiger charge is -2.32. The fourth-order valence-corrected chi connectivity index (χ4v) is 2.65. The molecule has 1 aromatic heterocycles. The van der Waals surface area contributed by atoms with E-state index >= 15 is 0 Å². The van der Waals surface area contributed by atoms with Crippen molar-refractivity contribution in [1.82, 2.24) is 9.55 Å². The second kappa shape index (κ2) is 7.53. The molecule has 2 rings (SSSR count). The molecule has 124 valence electrons. The number of carbonyl (C=O) groups is 1. The lowest BCUT2D eigenvalue weighted by atomic mass is 9.81. The second-order valence-electron chi connectivity index (χ2n) is 6.23. The number of benzene rings is 1. The Morgan fingerprint density at radius 2 is 2.00 bits per heavy atom. The predicted octanol–water partition coefficient (Wildman–Crippen LogP) is 2.43. The molecule has 1 atom stereocenters. The van der Waals surface area contributed by atoms with Crippen LogP contribution in [0.5, 0.6) is 0 Å². The van der Waals surface area contributed by atoms with Crippen LogP contribution >= 0.6 is 0 Å². The first kappa shape index (κ1) is 17.4. The number of aliphatic hydroxyl groups excluding tert-OH is 1. The second-order valence-corrected chi connectivity index (χ2v) is 6.23. The van der Waals surface area contributed by atoms with Crippen molar-refractivity contribution >= 4 is 5.91 Å². The molecule has 1 heterocycles. The fraction of sp³-hybridized carbons (Fsp3) is 0.444. The van der Waals surface area contributed by atoms with Gasteiger partial charge in [-0.25, -0.2) is 4.98 Å². The van der Waals surface area contributed by atoms with Crippen molar-refractivity contribution in [3.63, 3.8) is 0 Å². The van der Waals surface area contributed by atoms with E-state index in [2.05, 4.69) is 4.98 Å². The van der Waals surface area contributed by atoms with E-state index in [1.807, 2.05) is 38.1 Å². The maximum absolute atomic E-state index is 12.3. The summed E-state index contributed by atoms with van der Waals surface area (Å²) in [7, 11) is 0. The zero-order chi connectivity index (χ0) is 16.9. The highest BCUT2D eigenvalue weighted by Gasteiger charge is 2.33. The molecule has 0 saturated carbocycles. The van der Waals surface area contributed by atoms with Crippen LogP contribution in [0.3, 0.4) is 0 Å². The van der Waals surface area contributed by atoms with Crippen LogP contribution in [-0.2, 0) is 13.0 Å². The zero-order valence-electron chi connectivity index (χ0n) is 13.6. The zero-order valence-corrected chi connectivity index (χ0v) is 13.6. The van der Waals surface area contributed by atoms with Gasteiger partial charge in [0.15, 0.2) is 0 Å². The van der Waals surface area contributed by atoms with Gasteiger partial charge in [-0.3, -0.25) is 9.36 Å². The Balaban J connectivity index is 2.09. The number of carbonyl (C=O) groups excluding carboxylic acids is 1. The Hall–Kier alpha value is -1.98. The molecule has 5 heteroatoms. The van der Waals surface area contributed by atoms with Crippen LogP contribution in [0, 0.1) is 5.92 Å². The number of hydrogen-bond donors (Lipinski definition) is 2. The number of rotatable bonds is 7.